The number of ether oxygens (including phenoxy) is 1. The van der Waals surface area contributed by atoms with E-state index in [0.717, 1.165) is 6.42 Å². The molecule has 100 valence electrons. The number of hydrogen-bond acceptors (Lipinski definition) is 3. The average Bonchev–Trinajstić information content (AvgIpc) is 2.40. The molecule has 0 radical (unpaired) electrons. The lowest BCUT2D eigenvalue weighted by Gasteiger charge is -2.12. The summed E-state index contributed by atoms with van der Waals surface area (Å²) < 4.78 is 5.05. The van der Waals surface area contributed by atoms with E-state index in [-0.39, 0.29) is 12.5 Å². The molecule has 0 aliphatic heterocycles. The first-order chi connectivity index (χ1) is 8.74. The zero-order valence-electron chi connectivity index (χ0n) is 10.9. The molecule has 0 saturated carbocycles. The smallest absolute Gasteiger partial charge is 0.245 e. The molecule has 1 aromatic rings. The molecule has 4 nitrogen and oxygen atoms in total. The Kier molecular flexibility index (Phi) is 7.06. The van der Waals surface area contributed by atoms with Crippen LogP contribution in [0.1, 0.15) is 24.8 Å². The molecule has 1 aromatic carbocycles. The van der Waals surface area contributed by atoms with Crippen LogP contribution in [-0.2, 0) is 9.53 Å². The molecule has 0 saturated heterocycles. The molecular weight excluding hydrogens is 228 g/mol. The average molecular weight is 250 g/mol. The van der Waals surface area contributed by atoms with Crippen LogP contribution < -0.4 is 11.1 Å². The van der Waals surface area contributed by atoms with Crippen molar-refractivity contribution in [2.24, 2.45) is 5.73 Å². The molecule has 0 heterocycles. The van der Waals surface area contributed by atoms with E-state index in [0.29, 0.717) is 25.6 Å². The van der Waals surface area contributed by atoms with Crippen molar-refractivity contribution in [2.45, 2.75) is 19.3 Å². The highest BCUT2D eigenvalue weighted by Crippen LogP contribution is 2.17. The molecule has 1 rings (SSSR count). The third-order valence-corrected chi connectivity index (χ3v) is 2.76. The zero-order chi connectivity index (χ0) is 13.2. The van der Waals surface area contributed by atoms with E-state index in [2.05, 4.69) is 24.4 Å². The summed E-state index contributed by atoms with van der Waals surface area (Å²) in [7, 11) is 0. The second-order valence-corrected chi connectivity index (χ2v) is 4.29. The molecule has 0 aliphatic carbocycles. The lowest BCUT2D eigenvalue weighted by molar-refractivity contribution is -0.125. The molecular formula is C14H22N2O2. The number of nitrogens with one attached hydrogen (secondary N) is 1. The van der Waals surface area contributed by atoms with Gasteiger partial charge in [-0.3, -0.25) is 4.79 Å². The predicted octanol–water partition coefficient (Wildman–Crippen LogP) is 1.27. The van der Waals surface area contributed by atoms with Gasteiger partial charge >= 0.3 is 0 Å². The first kappa shape index (κ1) is 14.7. The van der Waals surface area contributed by atoms with Crippen LogP contribution in [0.3, 0.4) is 0 Å². The minimum atomic E-state index is -0.0799. The Morgan fingerprint density at radius 3 is 2.78 bits per heavy atom. The van der Waals surface area contributed by atoms with Gasteiger partial charge in [-0.15, -0.1) is 0 Å². The van der Waals surface area contributed by atoms with Crippen LogP contribution >= 0.6 is 0 Å². The minimum Gasteiger partial charge on any atom is -0.370 e. The van der Waals surface area contributed by atoms with E-state index < -0.39 is 0 Å². The van der Waals surface area contributed by atoms with Gasteiger partial charge in [0.25, 0.3) is 0 Å². The van der Waals surface area contributed by atoms with Crippen LogP contribution in [0, 0.1) is 0 Å². The first-order valence-corrected chi connectivity index (χ1v) is 6.33. The molecule has 1 atom stereocenters. The number of amides is 1. The van der Waals surface area contributed by atoms with Crippen LogP contribution in [0.5, 0.6) is 0 Å². The van der Waals surface area contributed by atoms with Gasteiger partial charge in [0.1, 0.15) is 6.61 Å². The first-order valence-electron chi connectivity index (χ1n) is 6.33. The Labute approximate surface area is 109 Å². The van der Waals surface area contributed by atoms with Gasteiger partial charge in [0.05, 0.1) is 6.61 Å². The molecule has 18 heavy (non-hydrogen) atoms. The van der Waals surface area contributed by atoms with E-state index in [1.54, 1.807) is 0 Å². The summed E-state index contributed by atoms with van der Waals surface area (Å²) >= 11 is 0. The van der Waals surface area contributed by atoms with Crippen molar-refractivity contribution in [3.63, 3.8) is 0 Å². The van der Waals surface area contributed by atoms with Gasteiger partial charge in [0, 0.05) is 13.1 Å². The largest absolute Gasteiger partial charge is 0.370 e. The SMILES string of the molecule is CC(CCNC(=O)COCCN)c1ccccc1. The predicted molar refractivity (Wildman–Crippen MR) is 72.4 cm³/mol. The van der Waals surface area contributed by atoms with E-state index >= 15 is 0 Å². The van der Waals surface area contributed by atoms with Crippen LogP contribution in [0.15, 0.2) is 30.3 Å². The molecule has 0 spiro atoms. The normalized spacial score (nSPS) is 12.1. The lowest BCUT2D eigenvalue weighted by atomic mass is 9.98. The molecule has 1 unspecified atom stereocenters. The topological polar surface area (TPSA) is 64.3 Å². The van der Waals surface area contributed by atoms with E-state index in [1.807, 2.05) is 18.2 Å². The van der Waals surface area contributed by atoms with Crippen LogP contribution in [-0.4, -0.2) is 32.2 Å². The third-order valence-electron chi connectivity index (χ3n) is 2.76. The fraction of sp³-hybridized carbons (Fsp3) is 0.500. The molecule has 3 N–H and O–H groups in total. The van der Waals surface area contributed by atoms with E-state index in [4.69, 9.17) is 10.5 Å². The molecule has 4 heteroatoms. The highest BCUT2D eigenvalue weighted by molar-refractivity contribution is 5.77. The Balaban J connectivity index is 2.16. The Morgan fingerprint density at radius 2 is 2.11 bits per heavy atom. The van der Waals surface area contributed by atoms with Gasteiger partial charge in [-0.1, -0.05) is 37.3 Å². The maximum atomic E-state index is 11.4. The van der Waals surface area contributed by atoms with Crippen molar-refractivity contribution in [1.29, 1.82) is 0 Å². The zero-order valence-corrected chi connectivity index (χ0v) is 10.9. The second-order valence-electron chi connectivity index (χ2n) is 4.29. The Morgan fingerprint density at radius 1 is 1.39 bits per heavy atom. The van der Waals surface area contributed by atoms with Crippen molar-refractivity contribution in [3.8, 4) is 0 Å². The summed E-state index contributed by atoms with van der Waals surface area (Å²) in [5.74, 6) is 0.361. The van der Waals surface area contributed by atoms with E-state index in [9.17, 15) is 4.79 Å². The fourth-order valence-electron chi connectivity index (χ4n) is 1.68. The van der Waals surface area contributed by atoms with Gasteiger partial charge in [-0.2, -0.15) is 0 Å². The number of carbonyl (C=O) groups is 1. The summed E-state index contributed by atoms with van der Waals surface area (Å²) in [4.78, 5) is 11.4. The summed E-state index contributed by atoms with van der Waals surface area (Å²) in [5, 5.41) is 2.84. The third kappa shape index (κ3) is 5.80. The Hall–Kier alpha value is -1.39. The van der Waals surface area contributed by atoms with Crippen molar-refractivity contribution >= 4 is 5.91 Å². The molecule has 0 aliphatic rings. The Bertz CT molecular complexity index is 341. The number of carbonyl (C=O) groups excluding carboxylic acids is 1. The summed E-state index contributed by atoms with van der Waals surface area (Å²) in [6.45, 7) is 3.79. The van der Waals surface area contributed by atoms with E-state index in [1.165, 1.54) is 5.56 Å². The van der Waals surface area contributed by atoms with Crippen LogP contribution in [0.25, 0.3) is 0 Å². The monoisotopic (exact) mass is 250 g/mol. The molecule has 1 amide bonds. The minimum absolute atomic E-state index is 0.0799. The van der Waals surface area contributed by atoms with Crippen molar-refractivity contribution < 1.29 is 9.53 Å². The summed E-state index contributed by atoms with van der Waals surface area (Å²) in [6.07, 6.45) is 0.923. The van der Waals surface area contributed by atoms with Crippen molar-refractivity contribution in [1.82, 2.24) is 5.32 Å². The highest BCUT2D eigenvalue weighted by atomic mass is 16.5. The number of nitrogens with two attached hydrogens (primary N) is 1. The number of rotatable bonds is 8. The van der Waals surface area contributed by atoms with Gasteiger partial charge < -0.3 is 15.8 Å². The standard InChI is InChI=1S/C14H22N2O2/c1-12(13-5-3-2-4-6-13)7-9-16-14(17)11-18-10-8-15/h2-6,12H,7-11,15H2,1H3,(H,16,17). The van der Waals surface area contributed by atoms with Gasteiger partial charge in [0.2, 0.25) is 5.91 Å². The molecule has 0 fully saturated rings. The van der Waals surface area contributed by atoms with Gasteiger partial charge in [0.15, 0.2) is 0 Å². The maximum Gasteiger partial charge on any atom is 0.245 e. The van der Waals surface area contributed by atoms with Crippen LogP contribution in [0.4, 0.5) is 0 Å². The number of benzene rings is 1. The molecule has 0 bridgehead atoms. The quantitative estimate of drug-likeness (QED) is 0.683. The highest BCUT2D eigenvalue weighted by Gasteiger charge is 2.06. The fourth-order valence-corrected chi connectivity index (χ4v) is 1.68. The molecule has 0 aromatic heterocycles. The van der Waals surface area contributed by atoms with Crippen LogP contribution in [0.2, 0.25) is 0 Å². The number of hydrogen-bond donors (Lipinski definition) is 2. The second kappa shape index (κ2) is 8.66. The van der Waals surface area contributed by atoms with Gasteiger partial charge in [-0.25, -0.2) is 0 Å². The summed E-state index contributed by atoms with van der Waals surface area (Å²) in [6, 6.07) is 10.3. The van der Waals surface area contributed by atoms with Crippen molar-refractivity contribution in [2.75, 3.05) is 26.3 Å². The lowest BCUT2D eigenvalue weighted by Crippen LogP contribution is -2.29. The van der Waals surface area contributed by atoms with Crippen molar-refractivity contribution in [3.05, 3.63) is 35.9 Å². The van der Waals surface area contributed by atoms with Gasteiger partial charge in [-0.05, 0) is 17.9 Å². The summed E-state index contributed by atoms with van der Waals surface area (Å²) in [5.41, 5.74) is 6.56. The maximum absolute atomic E-state index is 11.4.